The van der Waals surface area contributed by atoms with Crippen LogP contribution in [0.3, 0.4) is 0 Å². The summed E-state index contributed by atoms with van der Waals surface area (Å²) in [5, 5.41) is 17.6. The number of aryl methyl sites for hydroxylation is 1. The minimum absolute atomic E-state index is 0.0203. The van der Waals surface area contributed by atoms with Crippen LogP contribution in [-0.2, 0) is 13.0 Å². The second-order valence-electron chi connectivity index (χ2n) is 5.54. The maximum absolute atomic E-state index is 11.2. The molecule has 0 spiro atoms. The molecule has 0 amide bonds. The van der Waals surface area contributed by atoms with Gasteiger partial charge in [-0.15, -0.1) is 5.10 Å². The highest BCUT2D eigenvalue weighted by Gasteiger charge is 2.20. The van der Waals surface area contributed by atoms with Gasteiger partial charge in [0.05, 0.1) is 12.2 Å². The van der Waals surface area contributed by atoms with Crippen LogP contribution in [-0.4, -0.2) is 26.1 Å². The molecule has 1 aromatic carbocycles. The Morgan fingerprint density at radius 2 is 2.14 bits per heavy atom. The van der Waals surface area contributed by atoms with Crippen LogP contribution in [0.2, 0.25) is 5.02 Å². The molecule has 6 heteroatoms. The van der Waals surface area contributed by atoms with Gasteiger partial charge in [0.15, 0.2) is 5.69 Å². The van der Waals surface area contributed by atoms with E-state index in [2.05, 4.69) is 10.3 Å². The summed E-state index contributed by atoms with van der Waals surface area (Å²) in [6.07, 6.45) is 0.609. The topological polar surface area (TPSA) is 68.0 Å². The van der Waals surface area contributed by atoms with Gasteiger partial charge in [-0.3, -0.25) is 0 Å². The van der Waals surface area contributed by atoms with E-state index in [0.717, 1.165) is 11.1 Å². The molecule has 1 aromatic heterocycles. The Bertz CT molecular complexity index is 665. The number of halogens is 1. The van der Waals surface area contributed by atoms with E-state index in [0.29, 0.717) is 29.6 Å². The van der Waals surface area contributed by atoms with E-state index in [1.54, 1.807) is 4.68 Å². The number of hydrogen-bond donors (Lipinski definition) is 1. The zero-order chi connectivity index (χ0) is 15.6. The summed E-state index contributed by atoms with van der Waals surface area (Å²) < 4.78 is 1.62. The number of carboxylic acids is 1. The van der Waals surface area contributed by atoms with E-state index in [4.69, 9.17) is 11.6 Å². The van der Waals surface area contributed by atoms with Gasteiger partial charge in [0.1, 0.15) is 0 Å². The van der Waals surface area contributed by atoms with E-state index in [1.165, 1.54) is 0 Å². The van der Waals surface area contributed by atoms with Gasteiger partial charge >= 0.3 is 5.97 Å². The number of nitrogens with zero attached hydrogens (tertiary/aromatic N) is 3. The van der Waals surface area contributed by atoms with Crippen molar-refractivity contribution in [1.82, 2.24) is 15.0 Å². The molecular weight excluding hydrogens is 290 g/mol. The van der Waals surface area contributed by atoms with Crippen molar-refractivity contribution in [3.8, 4) is 0 Å². The lowest BCUT2D eigenvalue weighted by atomic mass is 10.1. The summed E-state index contributed by atoms with van der Waals surface area (Å²) in [6, 6.07) is 5.78. The molecular formula is C15H18ClN3O2. The van der Waals surface area contributed by atoms with Crippen LogP contribution in [0.5, 0.6) is 0 Å². The van der Waals surface area contributed by atoms with E-state index in [-0.39, 0.29) is 5.69 Å². The largest absolute Gasteiger partial charge is 0.476 e. The van der Waals surface area contributed by atoms with Crippen LogP contribution in [0.4, 0.5) is 0 Å². The Kier molecular flexibility index (Phi) is 4.63. The molecule has 2 rings (SSSR count). The lowest BCUT2D eigenvalue weighted by molar-refractivity contribution is 0.0689. The SMILES string of the molecule is Cc1ccc(Cn2nnc(C(=O)O)c2CC(C)C)c(Cl)c1. The highest BCUT2D eigenvalue weighted by molar-refractivity contribution is 6.31. The average Bonchev–Trinajstić information content (AvgIpc) is 2.75. The molecule has 0 atom stereocenters. The Hall–Kier alpha value is -1.88. The highest BCUT2D eigenvalue weighted by atomic mass is 35.5. The Labute approximate surface area is 128 Å². The Balaban J connectivity index is 2.37. The van der Waals surface area contributed by atoms with Gasteiger partial charge in [0, 0.05) is 5.02 Å². The van der Waals surface area contributed by atoms with Crippen molar-refractivity contribution in [1.29, 1.82) is 0 Å². The van der Waals surface area contributed by atoms with Crippen LogP contribution >= 0.6 is 11.6 Å². The van der Waals surface area contributed by atoms with Gasteiger partial charge in [0.25, 0.3) is 0 Å². The van der Waals surface area contributed by atoms with Crippen molar-refractivity contribution in [2.24, 2.45) is 5.92 Å². The molecule has 0 radical (unpaired) electrons. The minimum Gasteiger partial charge on any atom is -0.476 e. The summed E-state index contributed by atoms with van der Waals surface area (Å²) in [7, 11) is 0. The van der Waals surface area contributed by atoms with Crippen LogP contribution in [0, 0.1) is 12.8 Å². The number of carboxylic acid groups (broad SMARTS) is 1. The van der Waals surface area contributed by atoms with E-state index < -0.39 is 5.97 Å². The van der Waals surface area contributed by atoms with Gasteiger partial charge in [-0.25, -0.2) is 9.48 Å². The van der Waals surface area contributed by atoms with Gasteiger partial charge in [-0.2, -0.15) is 0 Å². The molecule has 0 aliphatic heterocycles. The second-order valence-corrected chi connectivity index (χ2v) is 5.95. The number of aromatic nitrogens is 3. The first kappa shape index (κ1) is 15.5. The van der Waals surface area contributed by atoms with E-state index >= 15 is 0 Å². The zero-order valence-electron chi connectivity index (χ0n) is 12.3. The highest BCUT2D eigenvalue weighted by Crippen LogP contribution is 2.20. The molecule has 0 saturated carbocycles. The second kappa shape index (κ2) is 6.26. The molecule has 1 heterocycles. The molecule has 0 aliphatic carbocycles. The van der Waals surface area contributed by atoms with Crippen molar-refractivity contribution < 1.29 is 9.90 Å². The van der Waals surface area contributed by atoms with Gasteiger partial charge < -0.3 is 5.11 Å². The fraction of sp³-hybridized carbons (Fsp3) is 0.400. The van der Waals surface area contributed by atoms with Crippen molar-refractivity contribution in [2.75, 3.05) is 0 Å². The first-order chi connectivity index (χ1) is 9.88. The third kappa shape index (κ3) is 3.61. The maximum atomic E-state index is 11.2. The number of hydrogen-bond acceptors (Lipinski definition) is 3. The Morgan fingerprint density at radius 1 is 1.43 bits per heavy atom. The van der Waals surface area contributed by atoms with Crippen LogP contribution in [0.15, 0.2) is 18.2 Å². The Morgan fingerprint density at radius 3 is 2.71 bits per heavy atom. The van der Waals surface area contributed by atoms with E-state index in [1.807, 2.05) is 39.0 Å². The standard InChI is InChI=1S/C15H18ClN3O2/c1-9(2)6-13-14(15(20)21)17-18-19(13)8-11-5-4-10(3)7-12(11)16/h4-5,7,9H,6,8H2,1-3H3,(H,20,21). The predicted molar refractivity (Wildman–Crippen MR) is 80.8 cm³/mol. The van der Waals surface area contributed by atoms with Crippen molar-refractivity contribution >= 4 is 17.6 Å². The zero-order valence-corrected chi connectivity index (χ0v) is 13.1. The summed E-state index contributed by atoms with van der Waals surface area (Å²) in [5.74, 6) is -0.735. The van der Waals surface area contributed by atoms with Gasteiger partial charge in [-0.1, -0.05) is 42.8 Å². The fourth-order valence-corrected chi connectivity index (χ4v) is 2.45. The van der Waals surface area contributed by atoms with Gasteiger partial charge in [0.2, 0.25) is 0 Å². The molecule has 1 N–H and O–H groups in total. The molecule has 112 valence electrons. The summed E-state index contributed by atoms with van der Waals surface area (Å²) in [4.78, 5) is 11.2. The number of rotatable bonds is 5. The molecule has 0 saturated heterocycles. The van der Waals surface area contributed by atoms with Crippen molar-refractivity contribution in [2.45, 2.75) is 33.7 Å². The monoisotopic (exact) mass is 307 g/mol. The number of benzene rings is 1. The van der Waals surface area contributed by atoms with Crippen molar-refractivity contribution in [3.05, 3.63) is 45.7 Å². The first-order valence-electron chi connectivity index (χ1n) is 6.79. The van der Waals surface area contributed by atoms with Crippen LogP contribution in [0.25, 0.3) is 0 Å². The summed E-state index contributed by atoms with van der Waals surface area (Å²) in [6.45, 7) is 6.45. The molecule has 0 aliphatic rings. The quantitative estimate of drug-likeness (QED) is 0.921. The number of carbonyl (C=O) groups is 1. The smallest absolute Gasteiger partial charge is 0.358 e. The third-order valence-electron chi connectivity index (χ3n) is 3.17. The molecule has 5 nitrogen and oxygen atoms in total. The maximum Gasteiger partial charge on any atom is 0.358 e. The van der Waals surface area contributed by atoms with Gasteiger partial charge in [-0.05, 0) is 36.5 Å². The molecule has 0 unspecified atom stereocenters. The van der Waals surface area contributed by atoms with Crippen molar-refractivity contribution in [3.63, 3.8) is 0 Å². The first-order valence-corrected chi connectivity index (χ1v) is 7.17. The normalized spacial score (nSPS) is 11.1. The lowest BCUT2D eigenvalue weighted by Crippen LogP contribution is -2.12. The predicted octanol–water partition coefficient (Wildman–Crippen LogP) is 3.18. The fourth-order valence-electron chi connectivity index (χ4n) is 2.16. The minimum atomic E-state index is -1.05. The summed E-state index contributed by atoms with van der Waals surface area (Å²) in [5.41, 5.74) is 2.63. The molecule has 2 aromatic rings. The molecule has 0 fully saturated rings. The van der Waals surface area contributed by atoms with Crippen LogP contribution < -0.4 is 0 Å². The van der Waals surface area contributed by atoms with E-state index in [9.17, 15) is 9.90 Å². The molecule has 0 bridgehead atoms. The number of aromatic carboxylic acids is 1. The summed E-state index contributed by atoms with van der Waals surface area (Å²) >= 11 is 6.23. The van der Waals surface area contributed by atoms with Crippen LogP contribution in [0.1, 0.15) is 41.2 Å². The average molecular weight is 308 g/mol. The lowest BCUT2D eigenvalue weighted by Gasteiger charge is -2.10. The molecule has 21 heavy (non-hydrogen) atoms. The third-order valence-corrected chi connectivity index (χ3v) is 3.52.